The first-order valence-electron chi connectivity index (χ1n) is 3.93. The van der Waals surface area contributed by atoms with Crippen molar-refractivity contribution in [3.05, 3.63) is 31.6 Å². The van der Waals surface area contributed by atoms with Gasteiger partial charge in [-0.05, 0) is 19.1 Å². The molecule has 0 saturated heterocycles. The lowest BCUT2D eigenvalue weighted by molar-refractivity contribution is 0.0920. The van der Waals surface area contributed by atoms with Crippen LogP contribution in [0.15, 0.2) is 24.7 Å². The highest BCUT2D eigenvalue weighted by Gasteiger charge is 2.07. The number of hydrogen-bond donors (Lipinski definition) is 0. The van der Waals surface area contributed by atoms with E-state index in [4.69, 9.17) is 0 Å². The Morgan fingerprint density at radius 2 is 2.38 bits per heavy atom. The first-order valence-corrected chi connectivity index (χ1v) is 3.93. The summed E-state index contributed by atoms with van der Waals surface area (Å²) in [6.45, 7) is 3.52. The van der Waals surface area contributed by atoms with E-state index >= 15 is 0 Å². The first kappa shape index (κ1) is 7.91. The van der Waals surface area contributed by atoms with Crippen LogP contribution in [0.1, 0.15) is 11.2 Å². The van der Waals surface area contributed by atoms with Gasteiger partial charge in [0.1, 0.15) is 11.8 Å². The summed E-state index contributed by atoms with van der Waals surface area (Å²) < 4.78 is 1.42. The van der Waals surface area contributed by atoms with E-state index in [0.717, 1.165) is 5.52 Å². The Labute approximate surface area is 75.2 Å². The van der Waals surface area contributed by atoms with Gasteiger partial charge in [0.2, 0.25) is 5.91 Å². The summed E-state index contributed by atoms with van der Waals surface area (Å²) >= 11 is 0. The molecule has 0 aromatic carbocycles. The molecular weight excluding hydrogens is 166 g/mol. The third kappa shape index (κ3) is 1.20. The molecule has 0 amide bonds. The molecule has 13 heavy (non-hydrogen) atoms. The summed E-state index contributed by atoms with van der Waals surface area (Å²) in [7, 11) is 0. The SMILES string of the molecule is [CH2]CC(=O)n1cnc2cccnc21. The average Bonchev–Trinajstić information content (AvgIpc) is 2.60. The second kappa shape index (κ2) is 2.97. The van der Waals surface area contributed by atoms with Crippen LogP contribution in [0.2, 0.25) is 0 Å². The van der Waals surface area contributed by atoms with E-state index in [1.165, 1.54) is 10.9 Å². The number of aromatic nitrogens is 3. The highest BCUT2D eigenvalue weighted by atomic mass is 16.2. The van der Waals surface area contributed by atoms with Gasteiger partial charge in [0, 0.05) is 12.6 Å². The van der Waals surface area contributed by atoms with E-state index in [0.29, 0.717) is 5.65 Å². The van der Waals surface area contributed by atoms with Gasteiger partial charge in [0.15, 0.2) is 5.65 Å². The molecule has 4 heteroatoms. The van der Waals surface area contributed by atoms with Crippen molar-refractivity contribution in [1.82, 2.24) is 14.5 Å². The predicted octanol–water partition coefficient (Wildman–Crippen LogP) is 1.30. The minimum absolute atomic E-state index is 0.0961. The molecule has 0 fully saturated rings. The summed E-state index contributed by atoms with van der Waals surface area (Å²) in [4.78, 5) is 19.4. The Kier molecular flexibility index (Phi) is 1.81. The van der Waals surface area contributed by atoms with Gasteiger partial charge >= 0.3 is 0 Å². The van der Waals surface area contributed by atoms with Crippen LogP contribution in [0.25, 0.3) is 11.2 Å². The van der Waals surface area contributed by atoms with Crippen molar-refractivity contribution in [2.75, 3.05) is 0 Å². The van der Waals surface area contributed by atoms with Gasteiger partial charge in [-0.25, -0.2) is 9.97 Å². The second-order valence-corrected chi connectivity index (χ2v) is 2.60. The molecule has 0 aliphatic carbocycles. The topological polar surface area (TPSA) is 47.8 Å². The van der Waals surface area contributed by atoms with E-state index < -0.39 is 0 Å². The van der Waals surface area contributed by atoms with Crippen molar-refractivity contribution in [2.24, 2.45) is 0 Å². The lowest BCUT2D eigenvalue weighted by atomic mass is 10.4. The van der Waals surface area contributed by atoms with Gasteiger partial charge in [-0.15, -0.1) is 0 Å². The molecular formula is C9H8N3O. The summed E-state index contributed by atoms with van der Waals surface area (Å²) in [5.41, 5.74) is 1.32. The number of hydrogen-bond acceptors (Lipinski definition) is 3. The monoisotopic (exact) mass is 174 g/mol. The number of rotatable bonds is 1. The fourth-order valence-corrected chi connectivity index (χ4v) is 1.15. The molecule has 2 aromatic rings. The highest BCUT2D eigenvalue weighted by molar-refractivity contribution is 5.88. The molecule has 0 spiro atoms. The van der Waals surface area contributed by atoms with Crippen molar-refractivity contribution in [1.29, 1.82) is 0 Å². The van der Waals surface area contributed by atoms with Crippen LogP contribution in [0.3, 0.4) is 0 Å². The van der Waals surface area contributed by atoms with E-state index in [-0.39, 0.29) is 12.3 Å². The van der Waals surface area contributed by atoms with Gasteiger partial charge < -0.3 is 0 Å². The number of carbonyl (C=O) groups is 1. The number of nitrogens with zero attached hydrogens (tertiary/aromatic N) is 3. The minimum Gasteiger partial charge on any atom is -0.274 e. The van der Waals surface area contributed by atoms with Gasteiger partial charge in [0.25, 0.3) is 0 Å². The van der Waals surface area contributed by atoms with Crippen molar-refractivity contribution < 1.29 is 4.79 Å². The summed E-state index contributed by atoms with van der Waals surface area (Å²) in [5.74, 6) is -0.0961. The van der Waals surface area contributed by atoms with E-state index in [1.54, 1.807) is 12.3 Å². The Bertz CT molecular complexity index is 447. The van der Waals surface area contributed by atoms with Crippen LogP contribution < -0.4 is 0 Å². The molecule has 2 aromatic heterocycles. The zero-order valence-corrected chi connectivity index (χ0v) is 6.97. The second-order valence-electron chi connectivity index (χ2n) is 2.60. The Hall–Kier alpha value is -1.71. The van der Waals surface area contributed by atoms with Crippen molar-refractivity contribution in [3.63, 3.8) is 0 Å². The highest BCUT2D eigenvalue weighted by Crippen LogP contribution is 2.08. The molecule has 0 unspecified atom stereocenters. The van der Waals surface area contributed by atoms with Crippen LogP contribution in [-0.4, -0.2) is 20.4 Å². The van der Waals surface area contributed by atoms with Crippen LogP contribution in [0.5, 0.6) is 0 Å². The van der Waals surface area contributed by atoms with Crippen molar-refractivity contribution >= 4 is 17.1 Å². The van der Waals surface area contributed by atoms with E-state index in [2.05, 4.69) is 16.9 Å². The first-order chi connectivity index (χ1) is 6.33. The van der Waals surface area contributed by atoms with Gasteiger partial charge in [-0.3, -0.25) is 9.36 Å². The predicted molar refractivity (Wildman–Crippen MR) is 48.1 cm³/mol. The maximum atomic E-state index is 11.3. The van der Waals surface area contributed by atoms with Crippen LogP contribution >= 0.6 is 0 Å². The maximum absolute atomic E-state index is 11.3. The molecule has 0 saturated carbocycles. The molecule has 4 nitrogen and oxygen atoms in total. The lowest BCUT2D eigenvalue weighted by Gasteiger charge is -1.97. The Morgan fingerprint density at radius 3 is 3.15 bits per heavy atom. The van der Waals surface area contributed by atoms with E-state index in [9.17, 15) is 4.79 Å². The van der Waals surface area contributed by atoms with Crippen molar-refractivity contribution in [2.45, 2.75) is 6.42 Å². The van der Waals surface area contributed by atoms with Crippen molar-refractivity contribution in [3.8, 4) is 0 Å². The largest absolute Gasteiger partial charge is 0.274 e. The zero-order chi connectivity index (χ0) is 9.26. The average molecular weight is 174 g/mol. The molecule has 1 radical (unpaired) electrons. The minimum atomic E-state index is -0.0961. The lowest BCUT2D eigenvalue weighted by Crippen LogP contribution is -2.07. The third-order valence-electron chi connectivity index (χ3n) is 1.79. The van der Waals surface area contributed by atoms with Crippen LogP contribution in [0, 0.1) is 6.92 Å². The van der Waals surface area contributed by atoms with Crippen LogP contribution in [0.4, 0.5) is 0 Å². The Balaban J connectivity index is 2.64. The number of fused-ring (bicyclic) bond motifs is 1. The maximum Gasteiger partial charge on any atom is 0.233 e. The normalized spacial score (nSPS) is 10.5. The molecule has 65 valence electrons. The summed E-state index contributed by atoms with van der Waals surface area (Å²) in [5, 5.41) is 0. The molecule has 0 N–H and O–H groups in total. The molecule has 0 atom stereocenters. The smallest absolute Gasteiger partial charge is 0.233 e. The number of pyridine rings is 1. The number of carbonyl (C=O) groups excluding carboxylic acids is 1. The fourth-order valence-electron chi connectivity index (χ4n) is 1.15. The third-order valence-corrected chi connectivity index (χ3v) is 1.79. The van der Waals surface area contributed by atoms with Gasteiger partial charge in [-0.1, -0.05) is 0 Å². The van der Waals surface area contributed by atoms with Gasteiger partial charge in [-0.2, -0.15) is 0 Å². The quantitative estimate of drug-likeness (QED) is 0.654. The van der Waals surface area contributed by atoms with Gasteiger partial charge in [0.05, 0.1) is 0 Å². The van der Waals surface area contributed by atoms with Crippen LogP contribution in [-0.2, 0) is 0 Å². The summed E-state index contributed by atoms with van der Waals surface area (Å²) in [6.07, 6.45) is 3.32. The standard InChI is InChI=1S/C9H8N3O/c1-2-8(13)12-6-11-7-4-3-5-10-9(7)12/h3-6H,1-2H2. The van der Waals surface area contributed by atoms with E-state index in [1.807, 2.05) is 6.07 Å². The molecule has 0 bridgehead atoms. The fraction of sp³-hybridized carbons (Fsp3) is 0.111. The molecule has 2 rings (SSSR count). The summed E-state index contributed by atoms with van der Waals surface area (Å²) in [6, 6.07) is 3.60. The number of imidazole rings is 1. The molecule has 0 aliphatic heterocycles. The molecule has 2 heterocycles. The Morgan fingerprint density at radius 1 is 1.54 bits per heavy atom. The molecule has 0 aliphatic rings. The zero-order valence-electron chi connectivity index (χ0n) is 6.97.